The fourth-order valence-electron chi connectivity index (χ4n) is 6.72. The van der Waals surface area contributed by atoms with E-state index >= 15 is 0 Å². The summed E-state index contributed by atoms with van der Waals surface area (Å²) >= 11 is 0. The summed E-state index contributed by atoms with van der Waals surface area (Å²) in [5.74, 6) is -4.61. The fourth-order valence-corrected chi connectivity index (χ4v) is 6.72. The second-order valence-electron chi connectivity index (χ2n) is 16.9. The molecule has 8 N–H and O–H groups in total. The minimum Gasteiger partial charge on any atom is -0.477 e. The average molecular weight is 959 g/mol. The van der Waals surface area contributed by atoms with E-state index in [9.17, 15) is 43.5 Å². The molecule has 0 spiro atoms. The van der Waals surface area contributed by atoms with E-state index in [1.165, 1.54) is 62.4 Å². The van der Waals surface area contributed by atoms with Crippen LogP contribution in [0.2, 0.25) is 0 Å². The molecular formula is C43H58N16O10. The third-order valence-electron chi connectivity index (χ3n) is 10.0. The van der Waals surface area contributed by atoms with Gasteiger partial charge in [0.25, 0.3) is 23.6 Å². The first kappa shape index (κ1) is 51.7. The van der Waals surface area contributed by atoms with Gasteiger partial charge in [-0.1, -0.05) is 26.2 Å². The van der Waals surface area contributed by atoms with Crippen molar-refractivity contribution in [2.24, 2.45) is 28.2 Å². The van der Waals surface area contributed by atoms with Crippen molar-refractivity contribution in [2.45, 2.75) is 84.4 Å². The van der Waals surface area contributed by atoms with Gasteiger partial charge < -0.3 is 69.9 Å². The highest BCUT2D eigenvalue weighted by atomic mass is 16.6. The predicted molar refractivity (Wildman–Crippen MR) is 249 cm³/mol. The molecule has 5 heterocycles. The molecule has 7 amide bonds. The molecule has 5 aromatic rings. The molecule has 0 unspecified atom stereocenters. The quantitative estimate of drug-likeness (QED) is 0.0463. The van der Waals surface area contributed by atoms with Crippen molar-refractivity contribution in [3.05, 3.63) is 72.2 Å². The molecule has 0 aliphatic rings. The summed E-state index contributed by atoms with van der Waals surface area (Å²) in [5.41, 5.74) is -0.784. The van der Waals surface area contributed by atoms with Crippen LogP contribution in [0.5, 0.6) is 0 Å². The van der Waals surface area contributed by atoms with Gasteiger partial charge in [-0.3, -0.25) is 28.8 Å². The van der Waals surface area contributed by atoms with Gasteiger partial charge in [-0.2, -0.15) is 0 Å². The number of amides is 7. The van der Waals surface area contributed by atoms with E-state index in [0.29, 0.717) is 13.0 Å². The molecule has 26 heteroatoms. The number of aromatic nitrogens is 9. The molecule has 0 radical (unpaired) electrons. The maximum Gasteiger partial charge on any atom is 0.408 e. The summed E-state index contributed by atoms with van der Waals surface area (Å²) in [7, 11) is 6.28. The number of ether oxygens (including phenoxy) is 1. The highest BCUT2D eigenvalue weighted by Gasteiger charge is 2.27. The van der Waals surface area contributed by atoms with Crippen molar-refractivity contribution in [2.75, 3.05) is 34.4 Å². The average Bonchev–Trinajstić information content (AvgIpc) is 4.10. The van der Waals surface area contributed by atoms with E-state index in [4.69, 9.17) is 4.74 Å². The highest BCUT2D eigenvalue weighted by Crippen LogP contribution is 2.17. The Morgan fingerprint density at radius 1 is 0.681 bits per heavy atom. The van der Waals surface area contributed by atoms with E-state index in [-0.39, 0.29) is 78.1 Å². The van der Waals surface area contributed by atoms with Gasteiger partial charge in [0.15, 0.2) is 23.3 Å². The van der Waals surface area contributed by atoms with Gasteiger partial charge in [0.2, 0.25) is 29.3 Å². The molecule has 0 saturated carbocycles. The second kappa shape index (κ2) is 22.9. The van der Waals surface area contributed by atoms with Crippen LogP contribution in [0.1, 0.15) is 119 Å². The molecule has 370 valence electrons. The third kappa shape index (κ3) is 14.6. The van der Waals surface area contributed by atoms with Crippen molar-refractivity contribution in [3.8, 4) is 0 Å². The molecule has 5 rings (SSSR count). The molecule has 1 atom stereocenters. The minimum absolute atomic E-state index is 0.00953. The Morgan fingerprint density at radius 2 is 1.28 bits per heavy atom. The number of carbonyl (C=O) groups excluding carboxylic acids is 7. The van der Waals surface area contributed by atoms with Crippen molar-refractivity contribution in [3.63, 3.8) is 0 Å². The lowest BCUT2D eigenvalue weighted by Crippen LogP contribution is -2.47. The van der Waals surface area contributed by atoms with Gasteiger partial charge in [-0.25, -0.2) is 29.5 Å². The molecular weight excluding hydrogens is 901 g/mol. The third-order valence-corrected chi connectivity index (χ3v) is 10.0. The Morgan fingerprint density at radius 3 is 1.88 bits per heavy atom. The van der Waals surface area contributed by atoms with Gasteiger partial charge in [0.1, 0.15) is 17.3 Å². The summed E-state index contributed by atoms with van der Waals surface area (Å²) in [5, 5.41) is 27.7. The predicted octanol–water partition coefficient (Wildman–Crippen LogP) is 2.62. The summed E-state index contributed by atoms with van der Waals surface area (Å²) in [6.07, 6.45) is 11.2. The van der Waals surface area contributed by atoms with Crippen LogP contribution in [-0.4, -0.2) is 120 Å². The lowest BCUT2D eigenvalue weighted by Gasteiger charge is -2.23. The normalized spacial score (nSPS) is 11.6. The Balaban J connectivity index is 1.17. The molecule has 0 aliphatic carbocycles. The fraction of sp³-hybridized carbons (Fsp3) is 0.442. The number of nitrogens with zero attached hydrogens (tertiary/aromatic N) is 9. The van der Waals surface area contributed by atoms with Crippen LogP contribution in [0.4, 0.5) is 27.9 Å². The zero-order chi connectivity index (χ0) is 50.6. The zero-order valence-corrected chi connectivity index (χ0v) is 39.6. The number of anilines is 4. The van der Waals surface area contributed by atoms with Crippen LogP contribution in [0.3, 0.4) is 0 Å². The van der Waals surface area contributed by atoms with Crippen molar-refractivity contribution in [1.82, 2.24) is 58.7 Å². The Hall–Kier alpha value is -8.32. The first-order valence-electron chi connectivity index (χ1n) is 21.9. The molecule has 0 aromatic carbocycles. The second-order valence-corrected chi connectivity index (χ2v) is 16.9. The summed E-state index contributed by atoms with van der Waals surface area (Å²) in [6, 6.07) is 0.0389. The van der Waals surface area contributed by atoms with Gasteiger partial charge in [0.05, 0.1) is 5.69 Å². The van der Waals surface area contributed by atoms with Gasteiger partial charge in [-0.05, 0) is 39.7 Å². The topological polar surface area (TPSA) is 326 Å². The lowest BCUT2D eigenvalue weighted by atomic mass is 10.2. The van der Waals surface area contributed by atoms with Crippen molar-refractivity contribution >= 4 is 70.6 Å². The number of aryl methyl sites for hydroxylation is 5. The van der Waals surface area contributed by atoms with Crippen LogP contribution in [0.15, 0.2) is 43.2 Å². The van der Waals surface area contributed by atoms with E-state index < -0.39 is 59.1 Å². The first-order chi connectivity index (χ1) is 32.6. The molecule has 0 aliphatic heterocycles. The van der Waals surface area contributed by atoms with Crippen LogP contribution >= 0.6 is 0 Å². The number of carbonyl (C=O) groups is 8. The summed E-state index contributed by atoms with van der Waals surface area (Å²) < 4.78 is 12.6. The van der Waals surface area contributed by atoms with Crippen molar-refractivity contribution in [1.29, 1.82) is 0 Å². The number of hydrogen-bond acceptors (Lipinski definition) is 13. The molecule has 5 aromatic heterocycles. The van der Waals surface area contributed by atoms with Gasteiger partial charge in [-0.15, -0.1) is 0 Å². The Bertz CT molecular complexity index is 2700. The Labute approximate surface area is 396 Å². The minimum atomic E-state index is -1.22. The summed E-state index contributed by atoms with van der Waals surface area (Å²) in [4.78, 5) is 120. The number of carboxylic acid groups (broad SMARTS) is 1. The molecule has 0 fully saturated rings. The number of nitrogens with one attached hydrogen (secondary N) is 7. The number of carboxylic acids is 1. The number of hydrogen-bond donors (Lipinski definition) is 8. The van der Waals surface area contributed by atoms with E-state index in [1.807, 2.05) is 0 Å². The van der Waals surface area contributed by atoms with E-state index in [2.05, 4.69) is 64.1 Å². The number of aromatic carboxylic acids is 1. The number of imidazole rings is 4. The standard InChI is InChI=1S/C43H58N16O10/c1-9-10-11-12-18-59-24-30(52-35(59)38(63)45-15-13-26(48-42(68)69-43(2,3)4)36(61)47-25-20-27(41(66)67)56(6)21-25)54-40(65)34-50-28(22-58(34)8)49-31(60)14-16-46-37(62)33-51-29(23-57(33)7)53-39(64)32-44-17-19-55(32)5/h17,19-24,26H,9-16,18H2,1-8H3,(H,45,63)(H,46,62)(H,47,61)(H,48,68)(H,49,60)(H,53,64)(H,54,65)(H,66,67)/t26-/m1/s1. The zero-order valence-electron chi connectivity index (χ0n) is 39.6. The van der Waals surface area contributed by atoms with E-state index in [1.54, 1.807) is 52.7 Å². The number of alkyl carbamates (subject to hydrolysis) is 1. The van der Waals surface area contributed by atoms with Crippen LogP contribution in [0, 0.1) is 0 Å². The SMILES string of the molecule is CCCCCCn1cc(NC(=O)c2nc(NC(=O)CCNC(=O)c3nc(NC(=O)c4nccn4C)cn3C)cn2C)nc1C(=O)NCC[C@@H](NC(=O)OC(C)(C)C)C(=O)Nc1cc(C(=O)O)n(C)c1. The number of unbranched alkanes of at least 4 members (excludes halogenated alkanes) is 3. The molecule has 0 saturated heterocycles. The van der Waals surface area contributed by atoms with Crippen LogP contribution in [-0.2, 0) is 49.1 Å². The van der Waals surface area contributed by atoms with Gasteiger partial charge >= 0.3 is 12.1 Å². The van der Waals surface area contributed by atoms with Crippen molar-refractivity contribution < 1.29 is 48.2 Å². The van der Waals surface area contributed by atoms with Crippen LogP contribution < -0.4 is 37.2 Å². The molecule has 0 bridgehead atoms. The smallest absolute Gasteiger partial charge is 0.408 e. The van der Waals surface area contributed by atoms with Crippen LogP contribution in [0.25, 0.3) is 0 Å². The van der Waals surface area contributed by atoms with E-state index in [0.717, 1.165) is 19.3 Å². The monoisotopic (exact) mass is 958 g/mol. The molecule has 69 heavy (non-hydrogen) atoms. The maximum atomic E-state index is 13.6. The summed E-state index contributed by atoms with van der Waals surface area (Å²) in [6.45, 7) is 7.21. The lowest BCUT2D eigenvalue weighted by molar-refractivity contribution is -0.118. The highest BCUT2D eigenvalue weighted by molar-refractivity contribution is 6.03. The van der Waals surface area contributed by atoms with Gasteiger partial charge in [0, 0.05) is 91.4 Å². The Kier molecular flexibility index (Phi) is 17.2. The largest absolute Gasteiger partial charge is 0.477 e. The first-order valence-corrected chi connectivity index (χ1v) is 21.9. The number of rotatable bonds is 22. The maximum absolute atomic E-state index is 13.6. The molecule has 26 nitrogen and oxygen atoms in total.